The SMILES string of the molecule is CCC(C)(CN)N(C)CC(=O)Nc1ccc(F)cc1. The van der Waals surface area contributed by atoms with Gasteiger partial charge in [-0.3, -0.25) is 9.69 Å². The molecule has 106 valence electrons. The Labute approximate surface area is 113 Å². The van der Waals surface area contributed by atoms with Crippen LogP contribution < -0.4 is 11.1 Å². The Morgan fingerprint density at radius 1 is 1.42 bits per heavy atom. The van der Waals surface area contributed by atoms with Crippen LogP contribution >= 0.6 is 0 Å². The van der Waals surface area contributed by atoms with Gasteiger partial charge >= 0.3 is 0 Å². The fraction of sp³-hybridized carbons (Fsp3) is 0.500. The molecule has 1 aromatic rings. The van der Waals surface area contributed by atoms with Gasteiger partial charge in [-0.05, 0) is 44.7 Å². The van der Waals surface area contributed by atoms with E-state index in [1.165, 1.54) is 24.3 Å². The highest BCUT2D eigenvalue weighted by Gasteiger charge is 2.26. The Bertz CT molecular complexity index is 415. The monoisotopic (exact) mass is 267 g/mol. The fourth-order valence-corrected chi connectivity index (χ4v) is 1.71. The number of benzene rings is 1. The van der Waals surface area contributed by atoms with Crippen molar-refractivity contribution >= 4 is 11.6 Å². The van der Waals surface area contributed by atoms with Crippen LogP contribution in [0.1, 0.15) is 20.3 Å². The van der Waals surface area contributed by atoms with Crippen molar-refractivity contribution in [1.29, 1.82) is 0 Å². The van der Waals surface area contributed by atoms with Gasteiger partial charge in [0.05, 0.1) is 6.54 Å². The van der Waals surface area contributed by atoms with Crippen LogP contribution in [0.4, 0.5) is 10.1 Å². The lowest BCUT2D eigenvalue weighted by molar-refractivity contribution is -0.118. The van der Waals surface area contributed by atoms with Crippen LogP contribution in [0, 0.1) is 5.82 Å². The van der Waals surface area contributed by atoms with Crippen molar-refractivity contribution in [1.82, 2.24) is 4.90 Å². The highest BCUT2D eigenvalue weighted by molar-refractivity contribution is 5.92. The van der Waals surface area contributed by atoms with Gasteiger partial charge in [-0.15, -0.1) is 0 Å². The number of rotatable bonds is 6. The second-order valence-electron chi connectivity index (χ2n) is 4.97. The van der Waals surface area contributed by atoms with Crippen molar-refractivity contribution in [3.63, 3.8) is 0 Å². The zero-order valence-electron chi connectivity index (χ0n) is 11.7. The number of halogens is 1. The van der Waals surface area contributed by atoms with Gasteiger partial charge in [-0.1, -0.05) is 6.92 Å². The lowest BCUT2D eigenvalue weighted by Crippen LogP contribution is -2.51. The van der Waals surface area contributed by atoms with Gasteiger partial charge in [-0.25, -0.2) is 4.39 Å². The maximum Gasteiger partial charge on any atom is 0.238 e. The zero-order chi connectivity index (χ0) is 14.5. The molecule has 0 aliphatic heterocycles. The van der Waals surface area contributed by atoms with Gasteiger partial charge in [0.15, 0.2) is 0 Å². The van der Waals surface area contributed by atoms with Crippen molar-refractivity contribution in [2.24, 2.45) is 5.73 Å². The number of hydrogen-bond donors (Lipinski definition) is 2. The number of amides is 1. The van der Waals surface area contributed by atoms with E-state index in [0.29, 0.717) is 12.2 Å². The molecule has 0 radical (unpaired) electrons. The van der Waals surface area contributed by atoms with Gasteiger partial charge in [-0.2, -0.15) is 0 Å². The van der Waals surface area contributed by atoms with Crippen molar-refractivity contribution in [2.45, 2.75) is 25.8 Å². The molecule has 0 fully saturated rings. The molecule has 5 heteroatoms. The topological polar surface area (TPSA) is 58.4 Å². The molecule has 1 unspecified atom stereocenters. The molecule has 3 N–H and O–H groups in total. The molecule has 0 aromatic heterocycles. The molecule has 0 saturated heterocycles. The van der Waals surface area contributed by atoms with E-state index in [1.807, 2.05) is 25.8 Å². The molecule has 1 aromatic carbocycles. The van der Waals surface area contributed by atoms with Crippen LogP contribution in [0.2, 0.25) is 0 Å². The summed E-state index contributed by atoms with van der Waals surface area (Å²) in [7, 11) is 1.88. The first-order valence-corrected chi connectivity index (χ1v) is 6.38. The predicted molar refractivity (Wildman–Crippen MR) is 75.4 cm³/mol. The summed E-state index contributed by atoms with van der Waals surface area (Å²) in [5.41, 5.74) is 6.14. The maximum atomic E-state index is 12.7. The fourth-order valence-electron chi connectivity index (χ4n) is 1.71. The van der Waals surface area contributed by atoms with Crippen molar-refractivity contribution < 1.29 is 9.18 Å². The van der Waals surface area contributed by atoms with E-state index < -0.39 is 0 Å². The summed E-state index contributed by atoms with van der Waals surface area (Å²) in [5.74, 6) is -0.459. The summed E-state index contributed by atoms with van der Waals surface area (Å²) in [5, 5.41) is 2.73. The number of nitrogens with zero attached hydrogens (tertiary/aromatic N) is 1. The van der Waals surface area contributed by atoms with Crippen LogP contribution in [0.5, 0.6) is 0 Å². The molecule has 0 aliphatic rings. The lowest BCUT2D eigenvalue weighted by atomic mass is 9.97. The second kappa shape index (κ2) is 6.63. The molecule has 4 nitrogen and oxygen atoms in total. The highest BCUT2D eigenvalue weighted by Crippen LogP contribution is 2.16. The highest BCUT2D eigenvalue weighted by atomic mass is 19.1. The summed E-state index contributed by atoms with van der Waals surface area (Å²) in [4.78, 5) is 13.8. The summed E-state index contributed by atoms with van der Waals surface area (Å²) in [6.45, 7) is 4.81. The molecule has 0 bridgehead atoms. The Kier molecular flexibility index (Phi) is 5.44. The minimum Gasteiger partial charge on any atom is -0.329 e. The minimum atomic E-state index is -0.322. The largest absolute Gasteiger partial charge is 0.329 e. The number of carbonyl (C=O) groups is 1. The van der Waals surface area contributed by atoms with Crippen molar-refractivity contribution in [3.8, 4) is 0 Å². The third kappa shape index (κ3) is 4.29. The molecule has 1 amide bonds. The number of likely N-dealkylation sites (N-methyl/N-ethyl adjacent to an activating group) is 1. The number of nitrogens with two attached hydrogens (primary N) is 1. The Hall–Kier alpha value is -1.46. The summed E-state index contributed by atoms with van der Waals surface area (Å²) in [6, 6.07) is 5.70. The summed E-state index contributed by atoms with van der Waals surface area (Å²) in [6.07, 6.45) is 0.865. The third-order valence-electron chi connectivity index (χ3n) is 3.63. The van der Waals surface area contributed by atoms with Crippen LogP contribution in [0.25, 0.3) is 0 Å². The first kappa shape index (κ1) is 15.6. The van der Waals surface area contributed by atoms with E-state index >= 15 is 0 Å². The van der Waals surface area contributed by atoms with E-state index in [2.05, 4.69) is 5.32 Å². The summed E-state index contributed by atoms with van der Waals surface area (Å²) < 4.78 is 12.7. The maximum absolute atomic E-state index is 12.7. The van der Waals surface area contributed by atoms with Gasteiger partial charge in [0.1, 0.15) is 5.82 Å². The average Bonchev–Trinajstić information content (AvgIpc) is 2.40. The molecular formula is C14H22FN3O. The van der Waals surface area contributed by atoms with E-state index in [1.54, 1.807) is 0 Å². The van der Waals surface area contributed by atoms with E-state index in [-0.39, 0.29) is 23.8 Å². The molecule has 0 aliphatic carbocycles. The number of hydrogen-bond acceptors (Lipinski definition) is 3. The van der Waals surface area contributed by atoms with Crippen LogP contribution in [0.15, 0.2) is 24.3 Å². The van der Waals surface area contributed by atoms with Gasteiger partial charge in [0.2, 0.25) is 5.91 Å². The number of anilines is 1. The molecule has 1 atom stereocenters. The van der Waals surface area contributed by atoms with Crippen molar-refractivity contribution in [2.75, 3.05) is 25.5 Å². The number of carbonyl (C=O) groups excluding carboxylic acids is 1. The standard InChI is InChI=1S/C14H22FN3O/c1-4-14(2,10-16)18(3)9-13(19)17-12-7-5-11(15)6-8-12/h5-8H,4,9-10,16H2,1-3H3,(H,17,19). The first-order chi connectivity index (χ1) is 8.91. The van der Waals surface area contributed by atoms with Crippen LogP contribution in [-0.4, -0.2) is 36.5 Å². The molecule has 1 rings (SSSR count). The first-order valence-electron chi connectivity index (χ1n) is 6.38. The molecule has 0 saturated carbocycles. The predicted octanol–water partition coefficient (Wildman–Crippen LogP) is 1.82. The zero-order valence-corrected chi connectivity index (χ0v) is 11.7. The molecule has 0 heterocycles. The van der Waals surface area contributed by atoms with E-state index in [9.17, 15) is 9.18 Å². The Morgan fingerprint density at radius 3 is 2.47 bits per heavy atom. The van der Waals surface area contributed by atoms with Gasteiger partial charge in [0.25, 0.3) is 0 Å². The molecular weight excluding hydrogens is 245 g/mol. The van der Waals surface area contributed by atoms with Crippen LogP contribution in [0.3, 0.4) is 0 Å². The Morgan fingerprint density at radius 2 is 2.00 bits per heavy atom. The smallest absolute Gasteiger partial charge is 0.238 e. The minimum absolute atomic E-state index is 0.137. The second-order valence-corrected chi connectivity index (χ2v) is 4.97. The Balaban J connectivity index is 2.58. The van der Waals surface area contributed by atoms with Crippen LogP contribution in [-0.2, 0) is 4.79 Å². The molecule has 19 heavy (non-hydrogen) atoms. The third-order valence-corrected chi connectivity index (χ3v) is 3.63. The van der Waals surface area contributed by atoms with Gasteiger partial charge < -0.3 is 11.1 Å². The molecule has 0 spiro atoms. The van der Waals surface area contributed by atoms with E-state index in [4.69, 9.17) is 5.73 Å². The normalized spacial score (nSPS) is 14.2. The lowest BCUT2D eigenvalue weighted by Gasteiger charge is -2.36. The van der Waals surface area contributed by atoms with E-state index in [0.717, 1.165) is 6.42 Å². The number of nitrogens with one attached hydrogen (secondary N) is 1. The average molecular weight is 267 g/mol. The summed E-state index contributed by atoms with van der Waals surface area (Å²) >= 11 is 0. The van der Waals surface area contributed by atoms with Gasteiger partial charge in [0, 0.05) is 17.8 Å². The quantitative estimate of drug-likeness (QED) is 0.826. The van der Waals surface area contributed by atoms with Crippen molar-refractivity contribution in [3.05, 3.63) is 30.1 Å².